The molecule has 1 saturated heterocycles. The van der Waals surface area contributed by atoms with Gasteiger partial charge < -0.3 is 9.47 Å². The number of fused-ring (bicyclic) bond motifs is 1. The van der Waals surface area contributed by atoms with Gasteiger partial charge in [-0.3, -0.25) is 4.90 Å². The van der Waals surface area contributed by atoms with Crippen molar-refractivity contribution in [3.8, 4) is 11.6 Å². The van der Waals surface area contributed by atoms with Crippen LogP contribution in [0, 0.1) is 0 Å². The number of hydrogen-bond acceptors (Lipinski definition) is 5. The predicted octanol–water partition coefficient (Wildman–Crippen LogP) is 3.53. The van der Waals surface area contributed by atoms with Crippen LogP contribution in [-0.4, -0.2) is 41.1 Å². The van der Waals surface area contributed by atoms with Crippen LogP contribution in [0.4, 0.5) is 0 Å². The zero-order chi connectivity index (χ0) is 16.2. The average Bonchev–Trinajstić information content (AvgIpc) is 2.91. The molecule has 0 bridgehead atoms. The first-order valence-electron chi connectivity index (χ1n) is 8.52. The van der Waals surface area contributed by atoms with Gasteiger partial charge in [0.25, 0.3) is 5.88 Å². The molecule has 126 valence electrons. The van der Waals surface area contributed by atoms with Crippen LogP contribution in [0.5, 0.6) is 11.6 Å². The van der Waals surface area contributed by atoms with Gasteiger partial charge in [-0.05, 0) is 42.0 Å². The Kier molecular flexibility index (Phi) is 4.90. The van der Waals surface area contributed by atoms with Crippen LogP contribution < -0.4 is 9.47 Å². The first-order valence-corrected chi connectivity index (χ1v) is 9.67. The molecule has 1 unspecified atom stereocenters. The molecule has 0 saturated carbocycles. The maximum absolute atomic E-state index is 5.98. The normalized spacial score (nSPS) is 21.2. The van der Waals surface area contributed by atoms with Gasteiger partial charge >= 0.3 is 0 Å². The van der Waals surface area contributed by atoms with E-state index >= 15 is 0 Å². The zero-order valence-corrected chi connectivity index (χ0v) is 14.5. The molecule has 2 aromatic rings. The molecule has 0 radical (unpaired) electrons. The van der Waals surface area contributed by atoms with E-state index in [1.165, 1.54) is 36.6 Å². The molecular formula is C19H22N2O2S. The molecule has 2 aliphatic rings. The van der Waals surface area contributed by atoms with Crippen molar-refractivity contribution in [2.45, 2.75) is 19.1 Å². The second-order valence-corrected chi connectivity index (χ2v) is 7.43. The highest BCUT2D eigenvalue weighted by molar-refractivity contribution is 7.99. The molecule has 1 fully saturated rings. The Bertz CT molecular complexity index is 669. The number of rotatable bonds is 3. The van der Waals surface area contributed by atoms with E-state index in [2.05, 4.69) is 45.9 Å². The topological polar surface area (TPSA) is 34.6 Å². The van der Waals surface area contributed by atoms with Crippen LogP contribution in [-0.2, 0) is 6.54 Å². The first kappa shape index (κ1) is 15.8. The summed E-state index contributed by atoms with van der Waals surface area (Å²) in [5.41, 5.74) is 2.50. The number of thioether (sulfide) groups is 1. The van der Waals surface area contributed by atoms with Gasteiger partial charge in [-0.1, -0.05) is 24.3 Å². The molecule has 0 amide bonds. The summed E-state index contributed by atoms with van der Waals surface area (Å²) < 4.78 is 11.7. The van der Waals surface area contributed by atoms with Gasteiger partial charge in [-0.25, -0.2) is 4.98 Å². The number of ether oxygens (including phenoxy) is 2. The molecule has 0 aliphatic carbocycles. The lowest BCUT2D eigenvalue weighted by Crippen LogP contribution is -2.25. The minimum Gasteiger partial charge on any atom is -0.484 e. The van der Waals surface area contributed by atoms with Crippen LogP contribution in [0.3, 0.4) is 0 Å². The van der Waals surface area contributed by atoms with Crippen molar-refractivity contribution >= 4 is 11.8 Å². The zero-order valence-electron chi connectivity index (χ0n) is 13.7. The van der Waals surface area contributed by atoms with Gasteiger partial charge in [0.05, 0.1) is 0 Å². The van der Waals surface area contributed by atoms with Crippen LogP contribution in [0.15, 0.2) is 42.6 Å². The molecule has 3 heterocycles. The summed E-state index contributed by atoms with van der Waals surface area (Å²) in [5, 5.41) is 0. The summed E-state index contributed by atoms with van der Waals surface area (Å²) in [7, 11) is 0. The Hall–Kier alpha value is -1.72. The molecular weight excluding hydrogens is 320 g/mol. The summed E-state index contributed by atoms with van der Waals surface area (Å²) in [5.74, 6) is 3.85. The van der Waals surface area contributed by atoms with Gasteiger partial charge in [0.1, 0.15) is 6.61 Å². The standard InChI is InChI=1S/C19H22N2O2S/c1-3-17-19(20-8-1)23-18(14-22-17)16-6-4-15(5-7-16)13-21-9-2-11-24-12-10-21/h1,3-8,18H,2,9-14H2. The molecule has 0 N–H and O–H groups in total. The smallest absolute Gasteiger partial charge is 0.257 e. The molecule has 0 spiro atoms. The van der Waals surface area contributed by atoms with Crippen LogP contribution in [0.25, 0.3) is 0 Å². The largest absolute Gasteiger partial charge is 0.484 e. The third-order valence-corrected chi connectivity index (χ3v) is 5.50. The molecule has 1 atom stereocenters. The molecule has 2 aliphatic heterocycles. The summed E-state index contributed by atoms with van der Waals surface area (Å²) in [6, 6.07) is 12.5. The number of aromatic nitrogens is 1. The van der Waals surface area contributed by atoms with Crippen LogP contribution in [0.2, 0.25) is 0 Å². The fourth-order valence-corrected chi connectivity index (χ4v) is 4.05. The summed E-state index contributed by atoms with van der Waals surface area (Å²) in [4.78, 5) is 6.79. The number of hydrogen-bond donors (Lipinski definition) is 0. The van der Waals surface area contributed by atoms with Crippen molar-refractivity contribution in [2.75, 3.05) is 31.2 Å². The third-order valence-electron chi connectivity index (χ3n) is 4.45. The highest BCUT2D eigenvalue weighted by atomic mass is 32.2. The second-order valence-electron chi connectivity index (χ2n) is 6.21. The average molecular weight is 342 g/mol. The minimum atomic E-state index is -0.0870. The van der Waals surface area contributed by atoms with E-state index < -0.39 is 0 Å². The first-order chi connectivity index (χ1) is 11.9. The predicted molar refractivity (Wildman–Crippen MR) is 96.8 cm³/mol. The quantitative estimate of drug-likeness (QED) is 0.852. The van der Waals surface area contributed by atoms with Crippen molar-refractivity contribution in [2.24, 2.45) is 0 Å². The van der Waals surface area contributed by atoms with E-state index in [-0.39, 0.29) is 6.10 Å². The molecule has 4 rings (SSSR count). The Morgan fingerprint density at radius 3 is 2.96 bits per heavy atom. The molecule has 1 aromatic heterocycles. The lowest BCUT2D eigenvalue weighted by molar-refractivity contribution is 0.0851. The fourth-order valence-electron chi connectivity index (χ4n) is 3.12. The van der Waals surface area contributed by atoms with Gasteiger partial charge in [0.15, 0.2) is 11.9 Å². The molecule has 4 nitrogen and oxygen atoms in total. The Morgan fingerprint density at radius 1 is 1.12 bits per heavy atom. The summed E-state index contributed by atoms with van der Waals surface area (Å²) in [6.07, 6.45) is 2.94. The van der Waals surface area contributed by atoms with E-state index in [0.29, 0.717) is 12.5 Å². The van der Waals surface area contributed by atoms with Gasteiger partial charge in [0.2, 0.25) is 0 Å². The van der Waals surface area contributed by atoms with Gasteiger partial charge in [0, 0.05) is 25.0 Å². The SMILES string of the molecule is c1cnc2c(c1)OCC(c1ccc(CN3CCCSCC3)cc1)O2. The Morgan fingerprint density at radius 2 is 2.04 bits per heavy atom. The van der Waals surface area contributed by atoms with E-state index in [1.54, 1.807) is 6.20 Å². The minimum absolute atomic E-state index is 0.0870. The number of benzene rings is 1. The number of pyridine rings is 1. The van der Waals surface area contributed by atoms with Crippen molar-refractivity contribution in [1.82, 2.24) is 9.88 Å². The molecule has 1 aromatic carbocycles. The second kappa shape index (κ2) is 7.45. The maximum Gasteiger partial charge on any atom is 0.257 e. The van der Waals surface area contributed by atoms with Crippen LogP contribution >= 0.6 is 11.8 Å². The molecule has 24 heavy (non-hydrogen) atoms. The van der Waals surface area contributed by atoms with Crippen molar-refractivity contribution in [3.63, 3.8) is 0 Å². The van der Waals surface area contributed by atoms with Crippen molar-refractivity contribution in [3.05, 3.63) is 53.7 Å². The maximum atomic E-state index is 5.98. The van der Waals surface area contributed by atoms with Gasteiger partial charge in [-0.2, -0.15) is 11.8 Å². The third kappa shape index (κ3) is 3.68. The van der Waals surface area contributed by atoms with E-state index in [0.717, 1.165) is 17.9 Å². The highest BCUT2D eigenvalue weighted by Crippen LogP contribution is 2.33. The summed E-state index contributed by atoms with van der Waals surface area (Å²) in [6.45, 7) is 3.96. The Labute approximate surface area is 147 Å². The monoisotopic (exact) mass is 342 g/mol. The summed E-state index contributed by atoms with van der Waals surface area (Å²) >= 11 is 2.07. The van der Waals surface area contributed by atoms with E-state index in [4.69, 9.17) is 9.47 Å². The lowest BCUT2D eigenvalue weighted by atomic mass is 10.1. The van der Waals surface area contributed by atoms with E-state index in [9.17, 15) is 0 Å². The van der Waals surface area contributed by atoms with Gasteiger partial charge in [-0.15, -0.1) is 0 Å². The number of nitrogens with zero attached hydrogens (tertiary/aromatic N) is 2. The van der Waals surface area contributed by atoms with Crippen LogP contribution in [0.1, 0.15) is 23.7 Å². The fraction of sp³-hybridized carbons (Fsp3) is 0.421. The molecule has 5 heteroatoms. The lowest BCUT2D eigenvalue weighted by Gasteiger charge is -2.26. The van der Waals surface area contributed by atoms with Crippen molar-refractivity contribution < 1.29 is 9.47 Å². The highest BCUT2D eigenvalue weighted by Gasteiger charge is 2.23. The van der Waals surface area contributed by atoms with E-state index in [1.807, 2.05) is 12.1 Å². The van der Waals surface area contributed by atoms with Crippen molar-refractivity contribution in [1.29, 1.82) is 0 Å². The Balaban J connectivity index is 1.41.